The molecule has 272 valence electrons. The summed E-state index contributed by atoms with van der Waals surface area (Å²) in [5.74, 6) is 0. The van der Waals surface area contributed by atoms with Gasteiger partial charge in [0.15, 0.2) is 0 Å². The monoisotopic (exact) mass is 776 g/mol. The number of rotatable bonds is 6. The van der Waals surface area contributed by atoms with Crippen molar-refractivity contribution >= 4 is 102 Å². The number of nitrogens with zero attached hydrogens (tertiary/aromatic N) is 2. The molecule has 0 atom stereocenters. The highest BCUT2D eigenvalue weighted by molar-refractivity contribution is 7.26. The molecule has 12 rings (SSSR count). The van der Waals surface area contributed by atoms with Crippen molar-refractivity contribution in [1.29, 1.82) is 0 Å². The Hall–Kier alpha value is -7.05. The van der Waals surface area contributed by atoms with Crippen molar-refractivity contribution in [2.45, 2.75) is 0 Å². The Morgan fingerprint density at radius 2 is 0.793 bits per heavy atom. The topological polar surface area (TPSA) is 29.3 Å². The molecule has 0 saturated carbocycles. The predicted molar refractivity (Wildman–Crippen MR) is 248 cm³/mol. The van der Waals surface area contributed by atoms with Gasteiger partial charge in [-0.05, 0) is 89.0 Å². The van der Waals surface area contributed by atoms with Crippen LogP contribution >= 0.6 is 22.7 Å². The third-order valence-electron chi connectivity index (χ3n) is 11.4. The molecule has 0 unspecified atom stereocenters. The van der Waals surface area contributed by atoms with Crippen molar-refractivity contribution in [2.75, 3.05) is 4.90 Å². The second-order valence-electron chi connectivity index (χ2n) is 14.8. The molecule has 0 amide bonds. The normalized spacial score (nSPS) is 11.8. The molecule has 58 heavy (non-hydrogen) atoms. The lowest BCUT2D eigenvalue weighted by molar-refractivity contribution is 0.668. The van der Waals surface area contributed by atoms with Crippen LogP contribution in [0.25, 0.3) is 95.8 Å². The minimum absolute atomic E-state index is 0.843. The van der Waals surface area contributed by atoms with Crippen molar-refractivity contribution in [3.05, 3.63) is 194 Å². The first kappa shape index (κ1) is 33.1. The van der Waals surface area contributed by atoms with Gasteiger partial charge in [0, 0.05) is 86.0 Å². The van der Waals surface area contributed by atoms with Crippen LogP contribution < -0.4 is 4.90 Å². The number of benzene rings is 8. The van der Waals surface area contributed by atoms with Gasteiger partial charge in [-0.2, -0.15) is 0 Å². The van der Waals surface area contributed by atoms with Crippen LogP contribution in [0.2, 0.25) is 0 Å². The fraction of sp³-hybridized carbons (Fsp3) is 0. The van der Waals surface area contributed by atoms with E-state index in [0.29, 0.717) is 0 Å². The summed E-state index contributed by atoms with van der Waals surface area (Å²) in [5, 5.41) is 7.39. The van der Waals surface area contributed by atoms with Crippen LogP contribution in [0.5, 0.6) is 0 Å². The van der Waals surface area contributed by atoms with Crippen LogP contribution in [0.15, 0.2) is 199 Å². The molecule has 0 aliphatic rings. The highest BCUT2D eigenvalue weighted by atomic mass is 32.1. The van der Waals surface area contributed by atoms with Crippen LogP contribution in [-0.2, 0) is 0 Å². The third-order valence-corrected chi connectivity index (χ3v) is 13.6. The summed E-state index contributed by atoms with van der Waals surface area (Å²) in [6.45, 7) is 0. The lowest BCUT2D eigenvalue weighted by atomic mass is 10.0. The highest BCUT2D eigenvalue weighted by Crippen LogP contribution is 2.41. The quantitative estimate of drug-likeness (QED) is 0.168. The summed E-state index contributed by atoms with van der Waals surface area (Å²) in [6, 6.07) is 67.8. The van der Waals surface area contributed by atoms with Crippen LogP contribution in [0, 0.1) is 0 Å². The molecule has 0 saturated heterocycles. The number of hydrogen-bond donors (Lipinski definition) is 0. The lowest BCUT2D eigenvalue weighted by Gasteiger charge is -2.26. The Morgan fingerprint density at radius 1 is 0.345 bits per heavy atom. The predicted octanol–water partition coefficient (Wildman–Crippen LogP) is 16.2. The molecule has 0 spiro atoms. The summed E-state index contributed by atoms with van der Waals surface area (Å²) < 4.78 is 11.5. The number of pyridine rings is 1. The molecular weight excluding hydrogens is 745 g/mol. The highest BCUT2D eigenvalue weighted by Gasteiger charge is 2.16. The number of thiophene rings is 2. The van der Waals surface area contributed by atoms with Gasteiger partial charge in [-0.25, -0.2) is 0 Å². The third kappa shape index (κ3) is 5.51. The van der Waals surface area contributed by atoms with Crippen molar-refractivity contribution in [1.82, 2.24) is 4.98 Å². The first-order valence-corrected chi connectivity index (χ1v) is 21.0. The molecule has 12 aromatic rings. The fourth-order valence-corrected chi connectivity index (χ4v) is 10.7. The van der Waals surface area contributed by atoms with E-state index in [4.69, 9.17) is 9.40 Å². The van der Waals surface area contributed by atoms with E-state index < -0.39 is 0 Å². The Bertz CT molecular complexity index is 3130. The van der Waals surface area contributed by atoms with Gasteiger partial charge in [-0.3, -0.25) is 4.98 Å². The summed E-state index contributed by atoms with van der Waals surface area (Å²) >= 11 is 3.71. The summed E-state index contributed by atoms with van der Waals surface area (Å²) in [6.07, 6.45) is 1.93. The van der Waals surface area contributed by atoms with Crippen LogP contribution in [0.4, 0.5) is 17.1 Å². The van der Waals surface area contributed by atoms with Crippen molar-refractivity contribution in [3.8, 4) is 33.5 Å². The van der Waals surface area contributed by atoms with Crippen LogP contribution in [-0.4, -0.2) is 4.98 Å². The number of hydrogen-bond acceptors (Lipinski definition) is 5. The number of fused-ring (bicyclic) bond motifs is 9. The molecule has 3 nitrogen and oxygen atoms in total. The maximum absolute atomic E-state index is 6.20. The van der Waals surface area contributed by atoms with Crippen LogP contribution in [0.3, 0.4) is 0 Å². The molecular formula is C53H32N2OS2. The van der Waals surface area contributed by atoms with E-state index in [9.17, 15) is 0 Å². The van der Waals surface area contributed by atoms with Crippen molar-refractivity contribution in [2.24, 2.45) is 0 Å². The standard InChI is InChI=1S/C53H32N2OS2/c1-4-10-48-41(7-1)46-32-54-47(31-49(46)56-48)35-17-25-40(26-18-35)55(38-21-13-33(14-22-38)36-19-27-44-42-8-2-5-11-50(42)57-52(44)29-36)39-23-15-34(16-24-39)37-20-28-45-43-9-3-6-12-51(43)58-53(45)30-37/h1-32H. The zero-order chi connectivity index (χ0) is 38.2. The average Bonchev–Trinajstić information content (AvgIpc) is 3.97. The summed E-state index contributed by atoms with van der Waals surface area (Å²) in [7, 11) is 0. The van der Waals surface area contributed by atoms with E-state index in [-0.39, 0.29) is 0 Å². The second kappa shape index (κ2) is 13.3. The molecule has 0 aliphatic heterocycles. The van der Waals surface area contributed by atoms with Crippen molar-refractivity contribution < 1.29 is 4.42 Å². The van der Waals surface area contributed by atoms with E-state index in [1.807, 2.05) is 53.1 Å². The second-order valence-corrected chi connectivity index (χ2v) is 16.9. The zero-order valence-electron chi connectivity index (χ0n) is 31.1. The van der Waals surface area contributed by atoms with Gasteiger partial charge < -0.3 is 9.32 Å². The van der Waals surface area contributed by atoms with Gasteiger partial charge in [0.25, 0.3) is 0 Å². The van der Waals surface area contributed by atoms with Crippen molar-refractivity contribution in [3.63, 3.8) is 0 Å². The van der Waals surface area contributed by atoms with E-state index in [1.165, 1.54) is 62.6 Å². The number of para-hydroxylation sites is 1. The number of anilines is 3. The molecule has 0 bridgehead atoms. The molecule has 0 aliphatic carbocycles. The van der Waals surface area contributed by atoms with E-state index in [0.717, 1.165) is 50.3 Å². The molecule has 0 fully saturated rings. The Kier molecular flexibility index (Phi) is 7.58. The maximum Gasteiger partial charge on any atom is 0.139 e. The summed E-state index contributed by atoms with van der Waals surface area (Å²) in [4.78, 5) is 7.19. The minimum Gasteiger partial charge on any atom is -0.456 e. The fourth-order valence-electron chi connectivity index (χ4n) is 8.42. The lowest BCUT2D eigenvalue weighted by Crippen LogP contribution is -2.09. The SMILES string of the molecule is c1ccc2c(c1)oc1cc(-c3ccc(N(c4ccc(-c5ccc6c(c5)sc5ccccc56)cc4)c4ccc(-c5ccc6c(c5)sc5ccccc56)cc4)cc3)ncc12. The molecule has 0 radical (unpaired) electrons. The first-order chi connectivity index (χ1) is 28.7. The van der Waals surface area contributed by atoms with E-state index >= 15 is 0 Å². The zero-order valence-corrected chi connectivity index (χ0v) is 32.7. The molecule has 0 N–H and O–H groups in total. The Morgan fingerprint density at radius 3 is 1.34 bits per heavy atom. The van der Waals surface area contributed by atoms with Gasteiger partial charge in [-0.15, -0.1) is 22.7 Å². The Balaban J connectivity index is 0.911. The Labute approximate surface area is 342 Å². The molecule has 4 heterocycles. The van der Waals surface area contributed by atoms with Gasteiger partial charge in [0.2, 0.25) is 0 Å². The van der Waals surface area contributed by atoms with Gasteiger partial charge >= 0.3 is 0 Å². The van der Waals surface area contributed by atoms with Gasteiger partial charge in [-0.1, -0.05) is 115 Å². The molecule has 4 aromatic heterocycles. The number of aromatic nitrogens is 1. The largest absolute Gasteiger partial charge is 0.456 e. The minimum atomic E-state index is 0.843. The van der Waals surface area contributed by atoms with E-state index in [1.54, 1.807) is 0 Å². The van der Waals surface area contributed by atoms with E-state index in [2.05, 4.69) is 169 Å². The molecule has 8 aromatic carbocycles. The number of furan rings is 1. The van der Waals surface area contributed by atoms with Gasteiger partial charge in [0.05, 0.1) is 5.69 Å². The van der Waals surface area contributed by atoms with Gasteiger partial charge in [0.1, 0.15) is 11.2 Å². The molecule has 5 heteroatoms. The average molecular weight is 777 g/mol. The summed E-state index contributed by atoms with van der Waals surface area (Å²) in [5.41, 5.74) is 11.7. The first-order valence-electron chi connectivity index (χ1n) is 19.4. The smallest absolute Gasteiger partial charge is 0.139 e. The van der Waals surface area contributed by atoms with Crippen LogP contribution in [0.1, 0.15) is 0 Å². The maximum atomic E-state index is 6.20.